The van der Waals surface area contributed by atoms with E-state index in [1.807, 2.05) is 38.1 Å². The molecule has 170 valence electrons. The number of allylic oxidation sites excluding steroid dienone is 1. The van der Waals surface area contributed by atoms with Gasteiger partial charge in [-0.25, -0.2) is 0 Å². The van der Waals surface area contributed by atoms with Gasteiger partial charge in [0.1, 0.15) is 17.2 Å². The van der Waals surface area contributed by atoms with Crippen molar-refractivity contribution in [1.82, 2.24) is 0 Å². The largest absolute Gasteiger partial charge is 0.506 e. The molecule has 1 aliphatic heterocycles. The fourth-order valence-corrected chi connectivity index (χ4v) is 4.89. The summed E-state index contributed by atoms with van der Waals surface area (Å²) in [4.78, 5) is 13.4. The monoisotopic (exact) mass is 450 g/mol. The molecule has 1 aliphatic carbocycles. The normalized spacial score (nSPS) is 19.4. The number of phenolic OH excluding ortho intramolecular Hbond substituents is 1. The Morgan fingerprint density at radius 1 is 1.09 bits per heavy atom. The number of carbonyl (C=O) groups excluding carboxylic acids is 1. The number of carbonyl (C=O) groups is 1. The SMILES string of the molecule is CC1(C)CC(=O)C2=C(C1)Nc1c(O)cccc1NC2c1cccc2ccc(OC(F)F)cc12. The van der Waals surface area contributed by atoms with Crippen LogP contribution in [0.5, 0.6) is 11.5 Å². The van der Waals surface area contributed by atoms with E-state index in [9.17, 15) is 18.7 Å². The van der Waals surface area contributed by atoms with E-state index in [-0.39, 0.29) is 22.7 Å². The zero-order valence-corrected chi connectivity index (χ0v) is 18.3. The van der Waals surface area contributed by atoms with Crippen LogP contribution >= 0.6 is 0 Å². The Morgan fingerprint density at radius 2 is 1.88 bits per heavy atom. The second kappa shape index (κ2) is 7.76. The van der Waals surface area contributed by atoms with Crippen molar-refractivity contribution in [3.05, 3.63) is 71.4 Å². The molecule has 3 aromatic rings. The minimum atomic E-state index is -2.93. The predicted octanol–water partition coefficient (Wildman–Crippen LogP) is 6.37. The lowest BCUT2D eigenvalue weighted by Crippen LogP contribution is -2.31. The van der Waals surface area contributed by atoms with Gasteiger partial charge in [0.25, 0.3) is 0 Å². The predicted molar refractivity (Wildman–Crippen MR) is 124 cm³/mol. The molecule has 0 saturated heterocycles. The summed E-state index contributed by atoms with van der Waals surface area (Å²) in [5.74, 6) is 0.143. The van der Waals surface area contributed by atoms with Gasteiger partial charge in [0.15, 0.2) is 5.78 Å². The summed E-state index contributed by atoms with van der Waals surface area (Å²) in [5, 5.41) is 18.8. The smallest absolute Gasteiger partial charge is 0.387 e. The molecule has 1 heterocycles. The lowest BCUT2D eigenvalue weighted by Gasteiger charge is -2.34. The molecule has 0 aromatic heterocycles. The van der Waals surface area contributed by atoms with Crippen LogP contribution in [0.4, 0.5) is 20.2 Å². The Balaban J connectivity index is 1.73. The van der Waals surface area contributed by atoms with Crippen molar-refractivity contribution < 1.29 is 23.4 Å². The van der Waals surface area contributed by atoms with Gasteiger partial charge in [-0.1, -0.05) is 44.2 Å². The van der Waals surface area contributed by atoms with Crippen LogP contribution in [-0.2, 0) is 4.79 Å². The van der Waals surface area contributed by atoms with E-state index in [0.717, 1.165) is 16.6 Å². The van der Waals surface area contributed by atoms with E-state index in [0.29, 0.717) is 35.2 Å². The summed E-state index contributed by atoms with van der Waals surface area (Å²) in [6.45, 7) is 1.16. The van der Waals surface area contributed by atoms with Crippen LogP contribution in [-0.4, -0.2) is 17.5 Å². The van der Waals surface area contributed by atoms with Gasteiger partial charge >= 0.3 is 6.61 Å². The molecule has 0 bridgehead atoms. The van der Waals surface area contributed by atoms with Crippen LogP contribution in [0.15, 0.2) is 65.9 Å². The van der Waals surface area contributed by atoms with Crippen LogP contribution in [0.2, 0.25) is 0 Å². The number of hydrogen-bond donors (Lipinski definition) is 3. The molecule has 1 atom stereocenters. The molecule has 7 heteroatoms. The van der Waals surface area contributed by atoms with E-state index in [2.05, 4.69) is 15.4 Å². The first kappa shape index (κ1) is 21.2. The van der Waals surface area contributed by atoms with Gasteiger partial charge in [-0.05, 0) is 52.4 Å². The summed E-state index contributed by atoms with van der Waals surface area (Å²) in [5.41, 5.74) is 3.05. The lowest BCUT2D eigenvalue weighted by molar-refractivity contribution is -0.118. The first-order valence-electron chi connectivity index (χ1n) is 10.8. The zero-order valence-electron chi connectivity index (χ0n) is 18.3. The Hall–Kier alpha value is -3.61. The number of aromatic hydroxyl groups is 1. The van der Waals surface area contributed by atoms with Crippen molar-refractivity contribution in [2.24, 2.45) is 5.41 Å². The van der Waals surface area contributed by atoms with Crippen molar-refractivity contribution in [2.75, 3.05) is 10.6 Å². The summed E-state index contributed by atoms with van der Waals surface area (Å²) in [6, 6.07) is 15.1. The third-order valence-corrected chi connectivity index (χ3v) is 6.25. The molecule has 0 fully saturated rings. The molecular formula is C26H24F2N2O3. The Kier molecular flexibility index (Phi) is 5.00. The molecule has 0 amide bonds. The van der Waals surface area contributed by atoms with Crippen molar-refractivity contribution >= 4 is 27.9 Å². The number of hydrogen-bond acceptors (Lipinski definition) is 5. The number of ether oxygens (including phenoxy) is 1. The number of nitrogens with one attached hydrogen (secondary N) is 2. The zero-order chi connectivity index (χ0) is 23.3. The molecule has 2 aliphatic rings. The van der Waals surface area contributed by atoms with Gasteiger partial charge in [0.2, 0.25) is 0 Å². The number of ketones is 1. The Labute approximate surface area is 190 Å². The summed E-state index contributed by atoms with van der Waals surface area (Å²) >= 11 is 0. The molecule has 1 unspecified atom stereocenters. The standard InChI is InChI=1S/C26H24F2N2O3/c1-26(2)12-19-22(21(32)13-26)23(29-18-7-4-8-20(31)24(18)30-19)16-6-3-5-14-9-10-15(11-17(14)16)33-25(27)28/h3-11,23,25,29-31H,12-13H2,1-2H3. The lowest BCUT2D eigenvalue weighted by atomic mass is 9.73. The molecule has 5 rings (SSSR count). The fraction of sp³-hybridized carbons (Fsp3) is 0.269. The quantitative estimate of drug-likeness (QED) is 0.405. The molecule has 0 saturated carbocycles. The maximum atomic E-state index is 13.4. The van der Waals surface area contributed by atoms with Crippen LogP contribution in [0.1, 0.15) is 38.3 Å². The summed E-state index contributed by atoms with van der Waals surface area (Å²) in [7, 11) is 0. The highest BCUT2D eigenvalue weighted by Crippen LogP contribution is 2.48. The van der Waals surface area contributed by atoms with Gasteiger partial charge in [0, 0.05) is 17.7 Å². The number of benzene rings is 3. The van der Waals surface area contributed by atoms with E-state index < -0.39 is 12.7 Å². The number of para-hydroxylation sites is 1. The molecule has 0 spiro atoms. The van der Waals surface area contributed by atoms with Gasteiger partial charge in [-0.15, -0.1) is 0 Å². The number of alkyl halides is 2. The molecule has 3 aromatic carbocycles. The molecule has 0 radical (unpaired) electrons. The van der Waals surface area contributed by atoms with Gasteiger partial charge in [-0.3, -0.25) is 4.79 Å². The Morgan fingerprint density at radius 3 is 2.67 bits per heavy atom. The molecule has 5 nitrogen and oxygen atoms in total. The van der Waals surface area contributed by atoms with E-state index in [4.69, 9.17) is 0 Å². The van der Waals surface area contributed by atoms with Crippen molar-refractivity contribution in [3.63, 3.8) is 0 Å². The number of fused-ring (bicyclic) bond motifs is 2. The van der Waals surface area contributed by atoms with Crippen molar-refractivity contribution in [3.8, 4) is 11.5 Å². The van der Waals surface area contributed by atoms with Gasteiger partial charge < -0.3 is 20.5 Å². The van der Waals surface area contributed by atoms with E-state index in [1.165, 1.54) is 6.07 Å². The minimum Gasteiger partial charge on any atom is -0.506 e. The Bertz CT molecular complexity index is 1300. The van der Waals surface area contributed by atoms with Crippen molar-refractivity contribution in [1.29, 1.82) is 0 Å². The molecule has 3 N–H and O–H groups in total. The maximum absolute atomic E-state index is 13.4. The molecule has 33 heavy (non-hydrogen) atoms. The fourth-order valence-electron chi connectivity index (χ4n) is 4.89. The van der Waals surface area contributed by atoms with Gasteiger partial charge in [0.05, 0.1) is 11.7 Å². The number of phenols is 1. The molecular weight excluding hydrogens is 426 g/mol. The van der Waals surface area contributed by atoms with Crippen molar-refractivity contribution in [2.45, 2.75) is 39.3 Å². The average molecular weight is 450 g/mol. The van der Waals surface area contributed by atoms with Crippen LogP contribution in [0, 0.1) is 5.41 Å². The van der Waals surface area contributed by atoms with Crippen LogP contribution in [0.25, 0.3) is 10.8 Å². The highest BCUT2D eigenvalue weighted by molar-refractivity contribution is 6.02. The highest BCUT2D eigenvalue weighted by atomic mass is 19.3. The topological polar surface area (TPSA) is 70.6 Å². The second-order valence-electron chi connectivity index (χ2n) is 9.34. The van der Waals surface area contributed by atoms with E-state index in [1.54, 1.807) is 24.3 Å². The first-order chi connectivity index (χ1) is 15.7. The third kappa shape index (κ3) is 3.88. The first-order valence-corrected chi connectivity index (χ1v) is 10.8. The number of halogens is 2. The van der Waals surface area contributed by atoms with Crippen LogP contribution < -0.4 is 15.4 Å². The number of Topliss-reactive ketones (excluding diaryl/α,β-unsaturated/α-hetero) is 1. The van der Waals surface area contributed by atoms with E-state index >= 15 is 0 Å². The van der Waals surface area contributed by atoms with Gasteiger partial charge in [-0.2, -0.15) is 8.78 Å². The highest BCUT2D eigenvalue weighted by Gasteiger charge is 2.39. The number of rotatable bonds is 3. The third-order valence-electron chi connectivity index (χ3n) is 6.25. The minimum absolute atomic E-state index is 0.00975. The number of anilines is 2. The summed E-state index contributed by atoms with van der Waals surface area (Å²) < 4.78 is 30.4. The summed E-state index contributed by atoms with van der Waals surface area (Å²) in [6.07, 6.45) is 1.02. The maximum Gasteiger partial charge on any atom is 0.387 e. The second-order valence-corrected chi connectivity index (χ2v) is 9.34. The average Bonchev–Trinajstić information content (AvgIpc) is 2.89. The van der Waals surface area contributed by atoms with Crippen LogP contribution in [0.3, 0.4) is 0 Å².